The van der Waals surface area contributed by atoms with Crippen LogP contribution in [-0.4, -0.2) is 7.11 Å². The Bertz CT molecular complexity index is 554. The van der Waals surface area contributed by atoms with Gasteiger partial charge in [-0.3, -0.25) is 0 Å². The highest BCUT2D eigenvalue weighted by Gasteiger charge is 2.12. The summed E-state index contributed by atoms with van der Waals surface area (Å²) in [6, 6.07) is 13.6. The number of aryl methyl sites for hydroxylation is 1. The fourth-order valence-corrected chi connectivity index (χ4v) is 2.18. The summed E-state index contributed by atoms with van der Waals surface area (Å²) in [6.45, 7) is 2.06. The quantitative estimate of drug-likeness (QED) is 0.914. The van der Waals surface area contributed by atoms with Gasteiger partial charge in [0.1, 0.15) is 5.75 Å². The van der Waals surface area contributed by atoms with Crippen LogP contribution < -0.4 is 10.5 Å². The molecule has 0 aliphatic heterocycles. The SMILES string of the molecule is COc1cc(C(N)c2ccccc2C)ccc1Cl. The van der Waals surface area contributed by atoms with Gasteiger partial charge < -0.3 is 10.5 Å². The number of hydrogen-bond acceptors (Lipinski definition) is 2. The van der Waals surface area contributed by atoms with Crippen LogP contribution in [0.3, 0.4) is 0 Å². The molecular weight excluding hydrogens is 246 g/mol. The van der Waals surface area contributed by atoms with Crippen LogP contribution in [0, 0.1) is 6.92 Å². The second-order valence-electron chi connectivity index (χ2n) is 4.23. The van der Waals surface area contributed by atoms with E-state index in [1.54, 1.807) is 7.11 Å². The monoisotopic (exact) mass is 261 g/mol. The number of rotatable bonds is 3. The van der Waals surface area contributed by atoms with E-state index in [2.05, 4.69) is 13.0 Å². The standard InChI is InChI=1S/C15H16ClNO/c1-10-5-3-4-6-12(10)15(17)11-7-8-13(16)14(9-11)18-2/h3-9,15H,17H2,1-2H3. The zero-order chi connectivity index (χ0) is 13.1. The third-order valence-electron chi connectivity index (χ3n) is 3.06. The molecular formula is C15H16ClNO. The Balaban J connectivity index is 2.40. The van der Waals surface area contributed by atoms with Crippen molar-refractivity contribution in [2.45, 2.75) is 13.0 Å². The average Bonchev–Trinajstić information content (AvgIpc) is 2.39. The van der Waals surface area contributed by atoms with Gasteiger partial charge in [-0.2, -0.15) is 0 Å². The van der Waals surface area contributed by atoms with Crippen LogP contribution in [0.5, 0.6) is 5.75 Å². The van der Waals surface area contributed by atoms with Gasteiger partial charge in [0.25, 0.3) is 0 Å². The van der Waals surface area contributed by atoms with Crippen LogP contribution in [0.2, 0.25) is 5.02 Å². The molecule has 0 aliphatic rings. The Kier molecular flexibility index (Phi) is 3.90. The molecule has 0 saturated carbocycles. The molecule has 0 radical (unpaired) electrons. The lowest BCUT2D eigenvalue weighted by molar-refractivity contribution is 0.414. The first kappa shape index (κ1) is 12.9. The van der Waals surface area contributed by atoms with Crippen LogP contribution in [-0.2, 0) is 0 Å². The summed E-state index contributed by atoms with van der Waals surface area (Å²) < 4.78 is 5.21. The Labute approximate surface area is 112 Å². The number of halogens is 1. The molecule has 1 atom stereocenters. The zero-order valence-electron chi connectivity index (χ0n) is 10.5. The maximum atomic E-state index is 6.29. The Morgan fingerprint density at radius 2 is 1.89 bits per heavy atom. The van der Waals surface area contributed by atoms with Gasteiger partial charge in [-0.05, 0) is 35.7 Å². The Morgan fingerprint density at radius 3 is 2.56 bits per heavy atom. The van der Waals surface area contributed by atoms with E-state index in [9.17, 15) is 0 Å². The molecule has 0 fully saturated rings. The third kappa shape index (κ3) is 2.50. The second-order valence-corrected chi connectivity index (χ2v) is 4.64. The lowest BCUT2D eigenvalue weighted by atomic mass is 9.96. The van der Waals surface area contributed by atoms with Crippen molar-refractivity contribution in [1.82, 2.24) is 0 Å². The van der Waals surface area contributed by atoms with Crippen LogP contribution in [0.25, 0.3) is 0 Å². The minimum atomic E-state index is -0.169. The lowest BCUT2D eigenvalue weighted by Crippen LogP contribution is -2.13. The molecule has 2 nitrogen and oxygen atoms in total. The van der Waals surface area contributed by atoms with E-state index >= 15 is 0 Å². The molecule has 0 heterocycles. The van der Waals surface area contributed by atoms with Crippen molar-refractivity contribution >= 4 is 11.6 Å². The highest BCUT2D eigenvalue weighted by atomic mass is 35.5. The summed E-state index contributed by atoms with van der Waals surface area (Å²) in [6.07, 6.45) is 0. The average molecular weight is 262 g/mol. The molecule has 1 unspecified atom stereocenters. The Hall–Kier alpha value is -1.51. The van der Waals surface area contributed by atoms with Crippen molar-refractivity contribution in [3.63, 3.8) is 0 Å². The van der Waals surface area contributed by atoms with Crippen LogP contribution >= 0.6 is 11.6 Å². The third-order valence-corrected chi connectivity index (χ3v) is 3.37. The minimum Gasteiger partial charge on any atom is -0.495 e. The number of methoxy groups -OCH3 is 1. The van der Waals surface area contributed by atoms with E-state index < -0.39 is 0 Å². The normalized spacial score (nSPS) is 12.2. The van der Waals surface area contributed by atoms with Crippen molar-refractivity contribution in [2.24, 2.45) is 5.73 Å². The maximum Gasteiger partial charge on any atom is 0.137 e. The van der Waals surface area contributed by atoms with Crippen molar-refractivity contribution < 1.29 is 4.74 Å². The van der Waals surface area contributed by atoms with Crippen LogP contribution in [0.15, 0.2) is 42.5 Å². The van der Waals surface area contributed by atoms with E-state index in [1.165, 1.54) is 5.56 Å². The largest absolute Gasteiger partial charge is 0.495 e. The molecule has 0 aliphatic carbocycles. The highest BCUT2D eigenvalue weighted by Crippen LogP contribution is 2.30. The van der Waals surface area contributed by atoms with E-state index in [4.69, 9.17) is 22.1 Å². The number of benzene rings is 2. The zero-order valence-corrected chi connectivity index (χ0v) is 11.2. The van der Waals surface area contributed by atoms with Crippen molar-refractivity contribution in [3.8, 4) is 5.75 Å². The fraction of sp³-hybridized carbons (Fsp3) is 0.200. The summed E-state index contributed by atoms with van der Waals surface area (Å²) >= 11 is 6.01. The molecule has 2 aromatic carbocycles. The number of ether oxygens (including phenoxy) is 1. The molecule has 0 saturated heterocycles. The van der Waals surface area contributed by atoms with Crippen molar-refractivity contribution in [3.05, 3.63) is 64.2 Å². The molecule has 0 spiro atoms. The summed E-state index contributed by atoms with van der Waals surface area (Å²) in [4.78, 5) is 0. The first-order valence-electron chi connectivity index (χ1n) is 5.78. The van der Waals surface area contributed by atoms with Gasteiger partial charge in [-0.1, -0.05) is 41.9 Å². The fourth-order valence-electron chi connectivity index (χ4n) is 1.99. The first-order chi connectivity index (χ1) is 8.63. The first-order valence-corrected chi connectivity index (χ1v) is 6.16. The van der Waals surface area contributed by atoms with Gasteiger partial charge in [-0.25, -0.2) is 0 Å². The van der Waals surface area contributed by atoms with Gasteiger partial charge in [0.2, 0.25) is 0 Å². The van der Waals surface area contributed by atoms with E-state index in [0.29, 0.717) is 10.8 Å². The molecule has 2 aromatic rings. The predicted molar refractivity (Wildman–Crippen MR) is 75.2 cm³/mol. The summed E-state index contributed by atoms with van der Waals surface area (Å²) in [5.74, 6) is 0.651. The summed E-state index contributed by atoms with van der Waals surface area (Å²) in [5.41, 5.74) is 9.58. The van der Waals surface area contributed by atoms with E-state index in [1.807, 2.05) is 36.4 Å². The molecule has 2 rings (SSSR count). The molecule has 94 valence electrons. The number of nitrogens with two attached hydrogens (primary N) is 1. The summed E-state index contributed by atoms with van der Waals surface area (Å²) in [5, 5.41) is 0.596. The van der Waals surface area contributed by atoms with E-state index in [-0.39, 0.29) is 6.04 Å². The molecule has 0 bridgehead atoms. The second kappa shape index (κ2) is 5.42. The molecule has 3 heteroatoms. The highest BCUT2D eigenvalue weighted by molar-refractivity contribution is 6.32. The van der Waals surface area contributed by atoms with E-state index in [0.717, 1.165) is 11.1 Å². The smallest absolute Gasteiger partial charge is 0.137 e. The molecule has 2 N–H and O–H groups in total. The maximum absolute atomic E-state index is 6.29. The van der Waals surface area contributed by atoms with Gasteiger partial charge in [0.05, 0.1) is 18.2 Å². The predicted octanol–water partition coefficient (Wildman–Crippen LogP) is 3.71. The minimum absolute atomic E-state index is 0.169. The van der Waals surface area contributed by atoms with Crippen LogP contribution in [0.1, 0.15) is 22.7 Å². The van der Waals surface area contributed by atoms with Gasteiger partial charge >= 0.3 is 0 Å². The lowest BCUT2D eigenvalue weighted by Gasteiger charge is -2.16. The van der Waals surface area contributed by atoms with Gasteiger partial charge in [0, 0.05) is 0 Å². The topological polar surface area (TPSA) is 35.2 Å². The summed E-state index contributed by atoms with van der Waals surface area (Å²) in [7, 11) is 1.60. The molecule has 0 aromatic heterocycles. The van der Waals surface area contributed by atoms with Gasteiger partial charge in [0.15, 0.2) is 0 Å². The van der Waals surface area contributed by atoms with Crippen LogP contribution in [0.4, 0.5) is 0 Å². The van der Waals surface area contributed by atoms with Crippen molar-refractivity contribution in [1.29, 1.82) is 0 Å². The molecule has 18 heavy (non-hydrogen) atoms. The van der Waals surface area contributed by atoms with Crippen molar-refractivity contribution in [2.75, 3.05) is 7.11 Å². The molecule has 0 amide bonds. The number of hydrogen-bond donors (Lipinski definition) is 1. The Morgan fingerprint density at radius 1 is 1.17 bits per heavy atom. The van der Waals surface area contributed by atoms with Gasteiger partial charge in [-0.15, -0.1) is 0 Å².